The van der Waals surface area contributed by atoms with Crippen molar-refractivity contribution in [1.82, 2.24) is 5.32 Å². The van der Waals surface area contributed by atoms with Crippen LogP contribution in [0.1, 0.15) is 16.3 Å². The molecule has 1 aromatic rings. The number of nitrogens with one attached hydrogen (secondary N) is 1. The maximum absolute atomic E-state index is 11.2. The molecule has 17 heavy (non-hydrogen) atoms. The third-order valence-electron chi connectivity index (χ3n) is 1.83. The number of rotatable bonds is 7. The molecule has 1 rings (SSSR count). The summed E-state index contributed by atoms with van der Waals surface area (Å²) in [5.41, 5.74) is 5.18. The van der Waals surface area contributed by atoms with Crippen molar-refractivity contribution in [3.05, 3.63) is 23.7 Å². The Labute approximate surface area is 97.5 Å². The summed E-state index contributed by atoms with van der Waals surface area (Å²) in [7, 11) is 0. The van der Waals surface area contributed by atoms with Crippen molar-refractivity contribution >= 4 is 11.9 Å². The van der Waals surface area contributed by atoms with Gasteiger partial charge in [0.1, 0.15) is 12.4 Å². The van der Waals surface area contributed by atoms with Gasteiger partial charge < -0.3 is 25.3 Å². The third kappa shape index (κ3) is 4.66. The molecule has 0 unspecified atom stereocenters. The Morgan fingerprint density at radius 1 is 1.47 bits per heavy atom. The fourth-order valence-corrected chi connectivity index (χ4v) is 1.07. The number of furan rings is 1. The lowest BCUT2D eigenvalue weighted by Crippen LogP contribution is -2.27. The predicted octanol–water partition coefficient (Wildman–Crippen LogP) is -0.431. The normalized spacial score (nSPS) is 10.2. The highest BCUT2D eigenvalue weighted by atomic mass is 16.5. The van der Waals surface area contributed by atoms with Crippen LogP contribution in [0, 0.1) is 0 Å². The lowest BCUT2D eigenvalue weighted by Gasteiger charge is -2.03. The third-order valence-corrected chi connectivity index (χ3v) is 1.83. The number of carbonyl (C=O) groups is 2. The highest BCUT2D eigenvalue weighted by Gasteiger charge is 2.09. The Morgan fingerprint density at radius 3 is 2.82 bits per heavy atom. The molecule has 1 aromatic heterocycles. The summed E-state index contributed by atoms with van der Waals surface area (Å²) in [5, 5.41) is 11.1. The van der Waals surface area contributed by atoms with E-state index in [9.17, 15) is 9.59 Å². The van der Waals surface area contributed by atoms with Crippen LogP contribution < -0.4 is 11.1 Å². The van der Waals surface area contributed by atoms with Crippen LogP contribution in [0.25, 0.3) is 0 Å². The summed E-state index contributed by atoms with van der Waals surface area (Å²) in [6.45, 7) is 0.715. The summed E-state index contributed by atoms with van der Waals surface area (Å²) in [6.07, 6.45) is 0. The Morgan fingerprint density at radius 2 is 2.24 bits per heavy atom. The predicted molar refractivity (Wildman–Crippen MR) is 57.4 cm³/mol. The van der Waals surface area contributed by atoms with E-state index in [0.717, 1.165) is 0 Å². The van der Waals surface area contributed by atoms with Gasteiger partial charge in [-0.1, -0.05) is 0 Å². The van der Waals surface area contributed by atoms with Gasteiger partial charge in [-0.05, 0) is 12.1 Å². The fourth-order valence-electron chi connectivity index (χ4n) is 1.07. The molecular formula is C10H14N2O5. The van der Waals surface area contributed by atoms with Gasteiger partial charge in [0.05, 0.1) is 13.2 Å². The molecular weight excluding hydrogens is 228 g/mol. The molecule has 1 heterocycles. The second-order valence-corrected chi connectivity index (χ2v) is 3.19. The van der Waals surface area contributed by atoms with Crippen LogP contribution >= 0.6 is 0 Å². The number of amides is 1. The van der Waals surface area contributed by atoms with Crippen LogP contribution in [0.15, 0.2) is 16.5 Å². The smallest absolute Gasteiger partial charge is 0.371 e. The van der Waals surface area contributed by atoms with E-state index in [-0.39, 0.29) is 24.8 Å². The average Bonchev–Trinajstić information content (AvgIpc) is 2.75. The molecule has 0 atom stereocenters. The zero-order valence-electron chi connectivity index (χ0n) is 9.14. The quantitative estimate of drug-likeness (QED) is 0.559. The first-order valence-electron chi connectivity index (χ1n) is 5.00. The Kier molecular flexibility index (Phi) is 5.18. The van der Waals surface area contributed by atoms with E-state index in [0.29, 0.717) is 18.9 Å². The second-order valence-electron chi connectivity index (χ2n) is 3.19. The number of carboxylic acid groups (broad SMARTS) is 1. The largest absolute Gasteiger partial charge is 0.475 e. The van der Waals surface area contributed by atoms with Crippen LogP contribution in [0.5, 0.6) is 0 Å². The molecule has 0 saturated carbocycles. The molecule has 7 nitrogen and oxygen atoms in total. The number of hydrogen-bond acceptors (Lipinski definition) is 5. The fraction of sp³-hybridized carbons (Fsp3) is 0.400. The lowest BCUT2D eigenvalue weighted by molar-refractivity contribution is -0.125. The number of nitrogens with two attached hydrogens (primary N) is 1. The summed E-state index contributed by atoms with van der Waals surface area (Å²) < 4.78 is 9.86. The van der Waals surface area contributed by atoms with Gasteiger partial charge in [-0.15, -0.1) is 0 Å². The minimum Gasteiger partial charge on any atom is -0.475 e. The average molecular weight is 242 g/mol. The number of carbonyl (C=O) groups excluding carboxylic acids is 1. The molecule has 0 aliphatic carbocycles. The molecule has 0 fully saturated rings. The van der Waals surface area contributed by atoms with Gasteiger partial charge in [0.2, 0.25) is 11.7 Å². The van der Waals surface area contributed by atoms with E-state index >= 15 is 0 Å². The highest BCUT2D eigenvalue weighted by molar-refractivity contribution is 5.84. The molecule has 4 N–H and O–H groups in total. The molecule has 0 aliphatic heterocycles. The maximum Gasteiger partial charge on any atom is 0.371 e. The van der Waals surface area contributed by atoms with Crippen molar-refractivity contribution in [2.45, 2.75) is 6.54 Å². The van der Waals surface area contributed by atoms with E-state index in [1.54, 1.807) is 0 Å². The van der Waals surface area contributed by atoms with Crippen molar-refractivity contribution in [2.24, 2.45) is 5.73 Å². The van der Waals surface area contributed by atoms with E-state index in [1.165, 1.54) is 12.1 Å². The first kappa shape index (κ1) is 13.2. The Bertz CT molecular complexity index is 388. The van der Waals surface area contributed by atoms with E-state index in [4.69, 9.17) is 20.0 Å². The molecule has 1 amide bonds. The van der Waals surface area contributed by atoms with Gasteiger partial charge >= 0.3 is 5.97 Å². The van der Waals surface area contributed by atoms with Crippen molar-refractivity contribution < 1.29 is 23.8 Å². The zero-order chi connectivity index (χ0) is 12.7. The molecule has 0 aliphatic rings. The Balaban J connectivity index is 2.29. The van der Waals surface area contributed by atoms with Gasteiger partial charge in [0, 0.05) is 6.54 Å². The van der Waals surface area contributed by atoms with E-state index in [1.807, 2.05) is 0 Å². The molecule has 0 saturated heterocycles. The van der Waals surface area contributed by atoms with Crippen molar-refractivity contribution in [1.29, 1.82) is 0 Å². The van der Waals surface area contributed by atoms with Crippen molar-refractivity contribution in [3.8, 4) is 0 Å². The number of ether oxygens (including phenoxy) is 1. The van der Waals surface area contributed by atoms with Gasteiger partial charge in [0.25, 0.3) is 0 Å². The van der Waals surface area contributed by atoms with Crippen LogP contribution in [0.4, 0.5) is 0 Å². The topological polar surface area (TPSA) is 115 Å². The SMILES string of the molecule is NCCOCC(=O)NCc1ccc(C(=O)O)o1. The molecule has 0 aromatic carbocycles. The second kappa shape index (κ2) is 6.66. The van der Waals surface area contributed by atoms with Crippen LogP contribution in [0.3, 0.4) is 0 Å². The number of hydrogen-bond donors (Lipinski definition) is 3. The van der Waals surface area contributed by atoms with Gasteiger partial charge in [-0.3, -0.25) is 4.79 Å². The summed E-state index contributed by atoms with van der Waals surface area (Å²) >= 11 is 0. The standard InChI is InChI=1S/C10H14N2O5/c11-3-4-16-6-9(13)12-5-7-1-2-8(17-7)10(14)15/h1-2H,3-6,11H2,(H,12,13)(H,14,15). The zero-order valence-corrected chi connectivity index (χ0v) is 9.14. The van der Waals surface area contributed by atoms with E-state index in [2.05, 4.69) is 5.32 Å². The minimum absolute atomic E-state index is 0.0797. The molecule has 0 radical (unpaired) electrons. The van der Waals surface area contributed by atoms with Crippen LogP contribution in [0.2, 0.25) is 0 Å². The molecule has 0 bridgehead atoms. The van der Waals surface area contributed by atoms with Crippen LogP contribution in [-0.2, 0) is 16.1 Å². The van der Waals surface area contributed by atoms with Gasteiger partial charge in [-0.2, -0.15) is 0 Å². The summed E-state index contributed by atoms with van der Waals surface area (Å²) in [5.74, 6) is -1.25. The van der Waals surface area contributed by atoms with E-state index < -0.39 is 5.97 Å². The minimum atomic E-state index is -1.14. The monoisotopic (exact) mass is 242 g/mol. The number of aromatic carboxylic acids is 1. The summed E-state index contributed by atoms with van der Waals surface area (Å²) in [6, 6.07) is 2.82. The van der Waals surface area contributed by atoms with Gasteiger partial charge in [0.15, 0.2) is 0 Å². The maximum atomic E-state index is 11.2. The molecule has 94 valence electrons. The first-order chi connectivity index (χ1) is 8.13. The lowest BCUT2D eigenvalue weighted by atomic mass is 10.4. The molecule has 0 spiro atoms. The van der Waals surface area contributed by atoms with Crippen molar-refractivity contribution in [2.75, 3.05) is 19.8 Å². The first-order valence-corrected chi connectivity index (χ1v) is 5.00. The highest BCUT2D eigenvalue weighted by Crippen LogP contribution is 2.07. The molecule has 7 heteroatoms. The van der Waals surface area contributed by atoms with Crippen molar-refractivity contribution in [3.63, 3.8) is 0 Å². The number of carboxylic acids is 1. The Hall–Kier alpha value is -1.86. The van der Waals surface area contributed by atoms with Gasteiger partial charge in [-0.25, -0.2) is 4.79 Å². The van der Waals surface area contributed by atoms with Crippen LogP contribution in [-0.4, -0.2) is 36.7 Å². The summed E-state index contributed by atoms with van der Waals surface area (Å²) in [4.78, 5) is 21.7.